The smallest absolute Gasteiger partial charge is 0.335 e. The maximum absolute atomic E-state index is 14.9. The number of carboxylic acids is 1. The van der Waals surface area contributed by atoms with E-state index in [1.54, 1.807) is 12.1 Å². The molecule has 42 heavy (non-hydrogen) atoms. The lowest BCUT2D eigenvalue weighted by Gasteiger charge is -2.28. The molecule has 3 aromatic carbocycles. The number of likely N-dealkylation sites (tertiary alicyclic amines) is 1. The number of aromatic carboxylic acids is 1. The van der Waals surface area contributed by atoms with Gasteiger partial charge in [-0.05, 0) is 73.3 Å². The number of hydrogen-bond donors (Lipinski definition) is 1. The highest BCUT2D eigenvalue weighted by Crippen LogP contribution is 2.31. The van der Waals surface area contributed by atoms with Gasteiger partial charge in [0.2, 0.25) is 0 Å². The number of benzene rings is 3. The molecule has 0 bridgehead atoms. The second-order valence-corrected chi connectivity index (χ2v) is 10.7. The standard InChI is InChI=1S/C31H27F3N4O4/c32-24-3-2-19(10-22(24)17-42-28-4-1-18(13-35)9-25(28)33)20-5-7-37(14-20)16-29-36-30-26(34)11-21(31(39)40)12-27(30)38(29)15-23-6-8-41-23/h1-4,9-12,20,23H,5-8,14-17H2,(H,39,40)/t20-,23+/m1/s1. The van der Waals surface area contributed by atoms with Gasteiger partial charge in [-0.2, -0.15) is 5.26 Å². The molecular weight excluding hydrogens is 549 g/mol. The second kappa shape index (κ2) is 11.5. The zero-order valence-corrected chi connectivity index (χ0v) is 22.5. The Balaban J connectivity index is 1.18. The summed E-state index contributed by atoms with van der Waals surface area (Å²) < 4.78 is 56.7. The maximum atomic E-state index is 14.9. The summed E-state index contributed by atoms with van der Waals surface area (Å²) in [6.07, 6.45) is 1.63. The van der Waals surface area contributed by atoms with E-state index < -0.39 is 23.4 Å². The van der Waals surface area contributed by atoms with Crippen LogP contribution in [-0.4, -0.2) is 51.3 Å². The number of rotatable bonds is 9. The van der Waals surface area contributed by atoms with E-state index in [1.807, 2.05) is 10.6 Å². The molecule has 4 aromatic rings. The molecule has 0 spiro atoms. The van der Waals surface area contributed by atoms with Crippen LogP contribution >= 0.6 is 0 Å². The van der Waals surface area contributed by atoms with E-state index in [4.69, 9.17) is 14.7 Å². The Morgan fingerprint density at radius 2 is 1.93 bits per heavy atom. The maximum Gasteiger partial charge on any atom is 0.335 e. The van der Waals surface area contributed by atoms with E-state index in [2.05, 4.69) is 9.88 Å². The highest BCUT2D eigenvalue weighted by Gasteiger charge is 2.28. The summed E-state index contributed by atoms with van der Waals surface area (Å²) in [4.78, 5) is 18.3. The molecular formula is C31H27F3N4O4. The van der Waals surface area contributed by atoms with Gasteiger partial charge in [0.05, 0.1) is 41.9 Å². The van der Waals surface area contributed by atoms with Gasteiger partial charge in [0.25, 0.3) is 0 Å². The molecule has 0 saturated carbocycles. The van der Waals surface area contributed by atoms with E-state index >= 15 is 0 Å². The zero-order chi connectivity index (χ0) is 29.4. The van der Waals surface area contributed by atoms with Crippen molar-refractivity contribution in [2.75, 3.05) is 19.7 Å². The van der Waals surface area contributed by atoms with Gasteiger partial charge in [0, 0.05) is 18.7 Å². The van der Waals surface area contributed by atoms with Crippen LogP contribution in [0.15, 0.2) is 48.5 Å². The first-order chi connectivity index (χ1) is 20.3. The Morgan fingerprint density at radius 1 is 1.10 bits per heavy atom. The Hall–Kier alpha value is -4.40. The number of imidazole rings is 1. The molecule has 6 rings (SSSR count). The molecule has 0 unspecified atom stereocenters. The summed E-state index contributed by atoms with van der Waals surface area (Å²) >= 11 is 0. The van der Waals surface area contributed by atoms with Crippen molar-refractivity contribution in [3.8, 4) is 11.8 Å². The number of nitrogens with zero attached hydrogens (tertiary/aromatic N) is 4. The molecule has 1 aromatic heterocycles. The Morgan fingerprint density at radius 3 is 2.64 bits per heavy atom. The zero-order valence-electron chi connectivity index (χ0n) is 22.5. The first-order valence-corrected chi connectivity index (χ1v) is 13.7. The van der Waals surface area contributed by atoms with Crippen LogP contribution in [-0.2, 0) is 24.4 Å². The minimum absolute atomic E-state index is 0.0402. The van der Waals surface area contributed by atoms with Crippen LogP contribution in [0.3, 0.4) is 0 Å². The molecule has 2 fully saturated rings. The van der Waals surface area contributed by atoms with Gasteiger partial charge in [-0.25, -0.2) is 22.9 Å². The second-order valence-electron chi connectivity index (χ2n) is 10.7. The third-order valence-electron chi connectivity index (χ3n) is 7.94. The van der Waals surface area contributed by atoms with Crippen LogP contribution in [0.5, 0.6) is 5.75 Å². The molecule has 11 heteroatoms. The van der Waals surface area contributed by atoms with Gasteiger partial charge in [-0.15, -0.1) is 0 Å². The monoisotopic (exact) mass is 576 g/mol. The van der Waals surface area contributed by atoms with Crippen LogP contribution < -0.4 is 4.74 Å². The van der Waals surface area contributed by atoms with E-state index in [9.17, 15) is 23.1 Å². The fourth-order valence-electron chi connectivity index (χ4n) is 5.56. The summed E-state index contributed by atoms with van der Waals surface area (Å²) in [5, 5.41) is 18.4. The molecule has 0 amide bonds. The first kappa shape index (κ1) is 27.8. The molecule has 8 nitrogen and oxygen atoms in total. The number of carbonyl (C=O) groups is 1. The lowest BCUT2D eigenvalue weighted by atomic mass is 9.96. The van der Waals surface area contributed by atoms with Crippen molar-refractivity contribution in [3.63, 3.8) is 0 Å². The van der Waals surface area contributed by atoms with Gasteiger partial charge < -0.3 is 19.1 Å². The van der Waals surface area contributed by atoms with Crippen LogP contribution in [0.1, 0.15) is 51.6 Å². The average Bonchev–Trinajstić information content (AvgIpc) is 3.55. The highest BCUT2D eigenvalue weighted by molar-refractivity contribution is 5.92. The number of halogens is 3. The lowest BCUT2D eigenvalue weighted by molar-refractivity contribution is -0.0591. The van der Waals surface area contributed by atoms with Crippen LogP contribution in [0.2, 0.25) is 0 Å². The third-order valence-corrected chi connectivity index (χ3v) is 7.94. The van der Waals surface area contributed by atoms with Gasteiger partial charge in [-0.1, -0.05) is 6.07 Å². The van der Waals surface area contributed by atoms with Crippen molar-refractivity contribution in [1.29, 1.82) is 5.26 Å². The predicted octanol–water partition coefficient (Wildman–Crippen LogP) is 5.38. The molecule has 2 aliphatic heterocycles. The minimum atomic E-state index is -1.21. The quantitative estimate of drug-likeness (QED) is 0.286. The van der Waals surface area contributed by atoms with Crippen molar-refractivity contribution in [2.24, 2.45) is 0 Å². The van der Waals surface area contributed by atoms with Crippen molar-refractivity contribution < 1.29 is 32.5 Å². The fourth-order valence-corrected chi connectivity index (χ4v) is 5.56. The Labute approximate surface area is 239 Å². The molecule has 0 radical (unpaired) electrons. The van der Waals surface area contributed by atoms with E-state index in [0.29, 0.717) is 43.1 Å². The topological polar surface area (TPSA) is 101 Å². The predicted molar refractivity (Wildman–Crippen MR) is 145 cm³/mol. The largest absolute Gasteiger partial charge is 0.486 e. The average molecular weight is 577 g/mol. The summed E-state index contributed by atoms with van der Waals surface area (Å²) in [5.74, 6) is -2.38. The summed E-state index contributed by atoms with van der Waals surface area (Å²) in [5.41, 5.74) is 1.80. The van der Waals surface area contributed by atoms with Crippen molar-refractivity contribution in [3.05, 3.63) is 94.1 Å². The van der Waals surface area contributed by atoms with Crippen molar-refractivity contribution in [1.82, 2.24) is 14.5 Å². The van der Waals surface area contributed by atoms with Gasteiger partial charge >= 0.3 is 5.97 Å². The first-order valence-electron chi connectivity index (χ1n) is 13.7. The number of aromatic nitrogens is 2. The summed E-state index contributed by atoms with van der Waals surface area (Å²) in [7, 11) is 0. The molecule has 0 aliphatic carbocycles. The number of nitriles is 1. The molecule has 3 heterocycles. The Bertz CT molecular complexity index is 1710. The fraction of sp³-hybridized carbons (Fsp3) is 0.323. The Kier molecular flexibility index (Phi) is 7.58. The SMILES string of the molecule is N#Cc1ccc(OCc2cc([C@@H]3CCN(Cc4nc5c(F)cc(C(=O)O)cc5n4C[C@@H]4CCO4)C3)ccc2F)c(F)c1. The van der Waals surface area contributed by atoms with Crippen LogP contribution in [0.4, 0.5) is 13.2 Å². The minimum Gasteiger partial charge on any atom is -0.486 e. The molecule has 2 aliphatic rings. The number of fused-ring (bicyclic) bond motifs is 1. The summed E-state index contributed by atoms with van der Waals surface area (Å²) in [6.45, 7) is 2.75. The van der Waals surface area contributed by atoms with Gasteiger partial charge in [-0.3, -0.25) is 4.90 Å². The molecule has 2 saturated heterocycles. The van der Waals surface area contributed by atoms with E-state index in [-0.39, 0.29) is 41.0 Å². The molecule has 1 N–H and O–H groups in total. The normalized spacial score (nSPS) is 18.6. The highest BCUT2D eigenvalue weighted by atomic mass is 19.1. The van der Waals surface area contributed by atoms with Gasteiger partial charge in [0.15, 0.2) is 17.4 Å². The molecule has 216 valence electrons. The molecule has 2 atom stereocenters. The number of hydrogen-bond acceptors (Lipinski definition) is 6. The van der Waals surface area contributed by atoms with E-state index in [0.717, 1.165) is 37.1 Å². The number of carboxylic acid groups (broad SMARTS) is 1. The van der Waals surface area contributed by atoms with Gasteiger partial charge in [0.1, 0.15) is 23.8 Å². The third kappa shape index (κ3) is 5.55. The lowest BCUT2D eigenvalue weighted by Crippen LogP contribution is -2.32. The van der Waals surface area contributed by atoms with Crippen LogP contribution in [0.25, 0.3) is 11.0 Å². The van der Waals surface area contributed by atoms with Crippen LogP contribution in [0, 0.1) is 28.8 Å². The van der Waals surface area contributed by atoms with E-state index in [1.165, 1.54) is 24.3 Å². The number of ether oxygens (including phenoxy) is 2. The summed E-state index contributed by atoms with van der Waals surface area (Å²) in [6, 6.07) is 13.0. The van der Waals surface area contributed by atoms with Crippen molar-refractivity contribution in [2.45, 2.75) is 44.6 Å². The van der Waals surface area contributed by atoms with Crippen molar-refractivity contribution >= 4 is 17.0 Å².